The van der Waals surface area contributed by atoms with Gasteiger partial charge in [0.1, 0.15) is 0 Å². The van der Waals surface area contributed by atoms with Crippen molar-refractivity contribution in [3.8, 4) is 0 Å². The molecule has 2 aromatic carbocycles. The number of carbonyl (C=O) groups excluding carboxylic acids is 1. The Labute approximate surface area is 139 Å². The van der Waals surface area contributed by atoms with Crippen LogP contribution in [-0.2, 0) is 10.5 Å². The highest BCUT2D eigenvalue weighted by Gasteiger charge is 2.00. The van der Waals surface area contributed by atoms with Gasteiger partial charge in [-0.2, -0.15) is 5.10 Å². The molecule has 0 spiro atoms. The van der Waals surface area contributed by atoms with E-state index >= 15 is 0 Å². The molecule has 0 bridgehead atoms. The van der Waals surface area contributed by atoms with E-state index in [1.54, 1.807) is 12.3 Å². The number of carbonyl (C=O) groups is 1. The van der Waals surface area contributed by atoms with Crippen molar-refractivity contribution in [1.82, 2.24) is 0 Å². The average Bonchev–Trinajstić information content (AvgIpc) is 2.55. The van der Waals surface area contributed by atoms with Crippen LogP contribution in [0.15, 0.2) is 64.8 Å². The van der Waals surface area contributed by atoms with Crippen molar-refractivity contribution in [2.75, 3.05) is 5.32 Å². The van der Waals surface area contributed by atoms with Gasteiger partial charge in [0.15, 0.2) is 5.17 Å². The third kappa shape index (κ3) is 5.96. The fraction of sp³-hybridized carbons (Fsp3) is 0.118. The van der Waals surface area contributed by atoms with Crippen molar-refractivity contribution in [1.29, 1.82) is 0 Å². The van der Waals surface area contributed by atoms with Crippen LogP contribution in [0.4, 0.5) is 5.69 Å². The summed E-state index contributed by atoms with van der Waals surface area (Å²) in [5.74, 6) is 0.612. The van der Waals surface area contributed by atoms with Gasteiger partial charge in [0.2, 0.25) is 5.91 Å². The van der Waals surface area contributed by atoms with E-state index in [4.69, 9.17) is 5.73 Å². The molecular formula is C17H18N4OS. The van der Waals surface area contributed by atoms with Gasteiger partial charge in [0.25, 0.3) is 0 Å². The van der Waals surface area contributed by atoms with Gasteiger partial charge in [0.05, 0.1) is 6.21 Å². The number of para-hydroxylation sites is 1. The van der Waals surface area contributed by atoms with Crippen LogP contribution in [0.25, 0.3) is 0 Å². The highest BCUT2D eigenvalue weighted by atomic mass is 32.2. The first-order valence-electron chi connectivity index (χ1n) is 7.05. The number of nitrogens with two attached hydrogens (primary N) is 1. The van der Waals surface area contributed by atoms with Crippen LogP contribution >= 0.6 is 11.8 Å². The normalized spacial score (nSPS) is 11.6. The first-order chi connectivity index (χ1) is 11.1. The number of amides is 1. The molecule has 118 valence electrons. The van der Waals surface area contributed by atoms with E-state index in [0.717, 1.165) is 11.3 Å². The van der Waals surface area contributed by atoms with Crippen molar-refractivity contribution < 1.29 is 4.79 Å². The largest absolute Gasteiger partial charge is 0.377 e. The van der Waals surface area contributed by atoms with E-state index in [0.29, 0.717) is 10.9 Å². The van der Waals surface area contributed by atoms with Crippen molar-refractivity contribution in [3.63, 3.8) is 0 Å². The lowest BCUT2D eigenvalue weighted by Gasteiger charge is -2.04. The average molecular weight is 326 g/mol. The van der Waals surface area contributed by atoms with Gasteiger partial charge in [-0.25, -0.2) is 0 Å². The molecule has 23 heavy (non-hydrogen) atoms. The summed E-state index contributed by atoms with van der Waals surface area (Å²) in [6, 6.07) is 17.4. The Morgan fingerprint density at radius 1 is 1.17 bits per heavy atom. The summed E-state index contributed by atoms with van der Waals surface area (Å²) >= 11 is 1.42. The molecule has 0 aliphatic rings. The number of nitrogens with zero attached hydrogens (tertiary/aromatic N) is 2. The SMILES string of the molecule is CC(=O)Nc1ccccc1C=NN=C(N)SCc1ccccc1. The van der Waals surface area contributed by atoms with Gasteiger partial charge in [-0.3, -0.25) is 4.79 Å². The summed E-state index contributed by atoms with van der Waals surface area (Å²) in [4.78, 5) is 11.2. The molecular weight excluding hydrogens is 308 g/mol. The predicted molar refractivity (Wildman–Crippen MR) is 97.7 cm³/mol. The van der Waals surface area contributed by atoms with E-state index in [9.17, 15) is 4.79 Å². The third-order valence-electron chi connectivity index (χ3n) is 2.85. The molecule has 0 aliphatic heterocycles. The van der Waals surface area contributed by atoms with Crippen LogP contribution in [-0.4, -0.2) is 17.3 Å². The smallest absolute Gasteiger partial charge is 0.221 e. The van der Waals surface area contributed by atoms with E-state index in [1.807, 2.05) is 48.5 Å². The van der Waals surface area contributed by atoms with Gasteiger partial charge in [-0.1, -0.05) is 60.3 Å². The van der Waals surface area contributed by atoms with Crippen LogP contribution in [0.5, 0.6) is 0 Å². The molecule has 1 amide bonds. The summed E-state index contributed by atoms with van der Waals surface area (Å²) in [6.07, 6.45) is 1.57. The highest BCUT2D eigenvalue weighted by Crippen LogP contribution is 2.13. The standard InChI is InChI=1S/C17H18N4OS/c1-13(22)20-16-10-6-5-9-15(16)11-19-21-17(18)23-12-14-7-3-2-4-8-14/h2-11H,12H2,1H3,(H2,18,21)(H,20,22). The number of hydrogen-bond acceptors (Lipinski definition) is 4. The number of anilines is 1. The Balaban J connectivity index is 1.96. The second-order valence-corrected chi connectivity index (χ2v) is 5.72. The van der Waals surface area contributed by atoms with Crippen molar-refractivity contribution in [2.45, 2.75) is 12.7 Å². The quantitative estimate of drug-likeness (QED) is 0.503. The lowest BCUT2D eigenvalue weighted by molar-refractivity contribution is -0.114. The second-order valence-electron chi connectivity index (χ2n) is 4.73. The number of thioether (sulfide) groups is 1. The molecule has 0 radical (unpaired) electrons. The minimum absolute atomic E-state index is 0.132. The van der Waals surface area contributed by atoms with E-state index in [2.05, 4.69) is 15.5 Å². The van der Waals surface area contributed by atoms with Gasteiger partial charge in [-0.05, 0) is 11.6 Å². The zero-order valence-electron chi connectivity index (χ0n) is 12.8. The minimum atomic E-state index is -0.132. The van der Waals surface area contributed by atoms with E-state index in [-0.39, 0.29) is 5.91 Å². The Morgan fingerprint density at radius 2 is 1.87 bits per heavy atom. The molecule has 0 saturated heterocycles. The van der Waals surface area contributed by atoms with Crippen LogP contribution < -0.4 is 11.1 Å². The molecule has 0 heterocycles. The molecule has 2 rings (SSSR count). The minimum Gasteiger partial charge on any atom is -0.377 e. The maximum absolute atomic E-state index is 11.2. The zero-order chi connectivity index (χ0) is 16.5. The number of hydrogen-bond donors (Lipinski definition) is 2. The summed E-state index contributed by atoms with van der Waals surface area (Å²) in [6.45, 7) is 1.46. The summed E-state index contributed by atoms with van der Waals surface area (Å²) < 4.78 is 0. The molecule has 0 saturated carbocycles. The molecule has 3 N–H and O–H groups in total. The van der Waals surface area contributed by atoms with Crippen molar-refractivity contribution in [3.05, 3.63) is 65.7 Å². The number of benzene rings is 2. The van der Waals surface area contributed by atoms with Gasteiger partial charge < -0.3 is 11.1 Å². The number of amidine groups is 1. The molecule has 0 fully saturated rings. The Hall–Kier alpha value is -2.60. The molecule has 0 atom stereocenters. The molecule has 0 aromatic heterocycles. The molecule has 5 nitrogen and oxygen atoms in total. The molecule has 2 aromatic rings. The van der Waals surface area contributed by atoms with Crippen LogP contribution in [0.1, 0.15) is 18.1 Å². The highest BCUT2D eigenvalue weighted by molar-refractivity contribution is 8.13. The van der Waals surface area contributed by atoms with Gasteiger partial charge >= 0.3 is 0 Å². The van der Waals surface area contributed by atoms with Crippen molar-refractivity contribution in [2.24, 2.45) is 15.9 Å². The Bertz CT molecular complexity index is 714. The first-order valence-corrected chi connectivity index (χ1v) is 8.03. The zero-order valence-corrected chi connectivity index (χ0v) is 13.6. The fourth-order valence-electron chi connectivity index (χ4n) is 1.82. The van der Waals surface area contributed by atoms with Crippen LogP contribution in [0.2, 0.25) is 0 Å². The lowest BCUT2D eigenvalue weighted by atomic mass is 10.2. The second kappa shape index (κ2) is 8.75. The number of nitrogens with one attached hydrogen (secondary N) is 1. The molecule has 0 unspecified atom stereocenters. The summed E-state index contributed by atoms with van der Waals surface area (Å²) in [7, 11) is 0. The fourth-order valence-corrected chi connectivity index (χ4v) is 2.43. The summed E-state index contributed by atoms with van der Waals surface area (Å²) in [5, 5.41) is 11.1. The number of rotatable bonds is 5. The van der Waals surface area contributed by atoms with Crippen LogP contribution in [0.3, 0.4) is 0 Å². The topological polar surface area (TPSA) is 79.8 Å². The monoisotopic (exact) mass is 326 g/mol. The van der Waals surface area contributed by atoms with E-state index < -0.39 is 0 Å². The summed E-state index contributed by atoms with van der Waals surface area (Å²) in [5.41, 5.74) is 8.47. The van der Waals surface area contributed by atoms with E-state index in [1.165, 1.54) is 24.2 Å². The predicted octanol–water partition coefficient (Wildman–Crippen LogP) is 3.23. The van der Waals surface area contributed by atoms with Gasteiger partial charge in [-0.15, -0.1) is 5.10 Å². The maximum atomic E-state index is 11.2. The Kier molecular flexibility index (Phi) is 6.38. The maximum Gasteiger partial charge on any atom is 0.221 e. The van der Waals surface area contributed by atoms with Crippen molar-refractivity contribution >= 4 is 34.7 Å². The third-order valence-corrected chi connectivity index (χ3v) is 3.71. The Morgan fingerprint density at radius 3 is 2.61 bits per heavy atom. The molecule has 6 heteroatoms. The molecule has 0 aliphatic carbocycles. The van der Waals surface area contributed by atoms with Gasteiger partial charge in [0, 0.05) is 23.9 Å². The lowest BCUT2D eigenvalue weighted by Crippen LogP contribution is -2.08. The van der Waals surface area contributed by atoms with Crippen LogP contribution in [0, 0.1) is 0 Å². The first kappa shape index (κ1) is 16.8.